The molecule has 0 radical (unpaired) electrons. The van der Waals surface area contributed by atoms with Gasteiger partial charge in [0, 0.05) is 32.7 Å². The van der Waals surface area contributed by atoms with Crippen LogP contribution in [0.2, 0.25) is 0 Å². The molecule has 46 heavy (non-hydrogen) atoms. The average Bonchev–Trinajstić information content (AvgIpc) is 3.64. The Morgan fingerprint density at radius 1 is 0.391 bits per heavy atom. The van der Waals surface area contributed by atoms with Gasteiger partial charge < -0.3 is 9.13 Å². The molecule has 0 unspecified atom stereocenters. The van der Waals surface area contributed by atoms with Gasteiger partial charge in [-0.2, -0.15) is 5.26 Å². The van der Waals surface area contributed by atoms with Crippen LogP contribution in [-0.4, -0.2) is 9.13 Å². The first-order valence-electron chi connectivity index (χ1n) is 15.5. The van der Waals surface area contributed by atoms with Crippen molar-refractivity contribution >= 4 is 43.6 Å². The van der Waals surface area contributed by atoms with Crippen molar-refractivity contribution in [3.05, 3.63) is 169 Å². The molecule has 0 fully saturated rings. The summed E-state index contributed by atoms with van der Waals surface area (Å²) >= 11 is 0. The van der Waals surface area contributed by atoms with Crippen LogP contribution in [0.25, 0.3) is 77.2 Å². The minimum absolute atomic E-state index is 0.629. The Bertz CT molecular complexity index is 2600. The van der Waals surface area contributed by atoms with E-state index in [1.54, 1.807) is 0 Å². The summed E-state index contributed by atoms with van der Waals surface area (Å²) in [5.41, 5.74) is 11.4. The van der Waals surface area contributed by atoms with E-state index in [0.29, 0.717) is 5.56 Å². The van der Waals surface area contributed by atoms with Gasteiger partial charge in [-0.15, -0.1) is 0 Å². The van der Waals surface area contributed by atoms with Gasteiger partial charge in [-0.05, 0) is 53.6 Å². The first-order valence-corrected chi connectivity index (χ1v) is 15.5. The van der Waals surface area contributed by atoms with E-state index in [9.17, 15) is 5.26 Å². The van der Waals surface area contributed by atoms with Crippen molar-refractivity contribution in [3.8, 4) is 39.7 Å². The van der Waals surface area contributed by atoms with Crippen LogP contribution in [0, 0.1) is 11.3 Å². The number of rotatable bonds is 4. The van der Waals surface area contributed by atoms with Crippen LogP contribution in [0.3, 0.4) is 0 Å². The maximum atomic E-state index is 10.6. The summed E-state index contributed by atoms with van der Waals surface area (Å²) in [7, 11) is 0. The molecule has 0 amide bonds. The number of benzene rings is 7. The topological polar surface area (TPSA) is 33.6 Å². The SMILES string of the molecule is N#Cc1cccc(-c2ccccc2-n2c3ccccc3c3ccccc32)c1-n1c2ccccc2c2cc(-c3ccccc3)ccc21. The van der Waals surface area contributed by atoms with E-state index >= 15 is 0 Å². The molecular formula is C43H27N3. The molecule has 0 bridgehead atoms. The second-order valence-electron chi connectivity index (χ2n) is 11.7. The molecule has 0 atom stereocenters. The molecule has 0 aliphatic heterocycles. The predicted molar refractivity (Wildman–Crippen MR) is 191 cm³/mol. The standard InChI is InChI=1S/C43H27N3/c44-28-31-15-12-20-36(34-18-6-10-23-40(34)45-38-21-8-4-16-32(38)33-17-5-9-22-39(33)45)43(31)46-41-24-11-7-19-35(41)37-27-30(25-26-42(37)46)29-13-2-1-3-14-29/h1-27H. The van der Waals surface area contributed by atoms with Crippen molar-refractivity contribution in [1.29, 1.82) is 5.26 Å². The molecule has 3 nitrogen and oxygen atoms in total. The number of para-hydroxylation sites is 5. The molecule has 9 aromatic rings. The molecule has 2 aromatic heterocycles. The number of aromatic nitrogens is 2. The third-order valence-corrected chi connectivity index (χ3v) is 9.17. The molecule has 0 saturated carbocycles. The molecule has 3 heteroatoms. The Morgan fingerprint density at radius 3 is 1.63 bits per heavy atom. The molecule has 0 spiro atoms. The lowest BCUT2D eigenvalue weighted by Crippen LogP contribution is -2.03. The highest BCUT2D eigenvalue weighted by molar-refractivity contribution is 6.12. The highest BCUT2D eigenvalue weighted by atomic mass is 15.0. The third kappa shape index (κ3) is 3.84. The van der Waals surface area contributed by atoms with Gasteiger partial charge in [0.15, 0.2) is 0 Å². The summed E-state index contributed by atoms with van der Waals surface area (Å²) < 4.78 is 4.65. The van der Waals surface area contributed by atoms with Gasteiger partial charge in [0.25, 0.3) is 0 Å². The largest absolute Gasteiger partial charge is 0.309 e. The summed E-state index contributed by atoms with van der Waals surface area (Å²) in [6.07, 6.45) is 0. The normalized spacial score (nSPS) is 11.5. The zero-order valence-corrected chi connectivity index (χ0v) is 24.9. The first kappa shape index (κ1) is 26.1. The van der Waals surface area contributed by atoms with Crippen molar-refractivity contribution in [3.63, 3.8) is 0 Å². The Balaban J connectivity index is 1.37. The minimum Gasteiger partial charge on any atom is -0.309 e. The van der Waals surface area contributed by atoms with Crippen molar-refractivity contribution < 1.29 is 0 Å². The summed E-state index contributed by atoms with van der Waals surface area (Å²) in [6.45, 7) is 0. The number of hydrogen-bond donors (Lipinski definition) is 0. The van der Waals surface area contributed by atoms with Gasteiger partial charge in [0.05, 0.1) is 39.0 Å². The third-order valence-electron chi connectivity index (χ3n) is 9.17. The fraction of sp³-hybridized carbons (Fsp3) is 0. The van der Waals surface area contributed by atoms with Gasteiger partial charge in [-0.25, -0.2) is 0 Å². The van der Waals surface area contributed by atoms with Gasteiger partial charge >= 0.3 is 0 Å². The highest BCUT2D eigenvalue weighted by Gasteiger charge is 2.22. The number of fused-ring (bicyclic) bond motifs is 6. The molecule has 7 aromatic carbocycles. The number of nitriles is 1. The second-order valence-corrected chi connectivity index (χ2v) is 11.7. The molecular weight excluding hydrogens is 558 g/mol. The van der Waals surface area contributed by atoms with E-state index in [-0.39, 0.29) is 0 Å². The van der Waals surface area contributed by atoms with Crippen LogP contribution in [0.15, 0.2) is 164 Å². The molecule has 0 saturated heterocycles. The molecule has 0 aliphatic carbocycles. The summed E-state index contributed by atoms with van der Waals surface area (Å²) in [5.74, 6) is 0. The summed E-state index contributed by atoms with van der Waals surface area (Å²) in [6, 6.07) is 60.1. The first-order chi connectivity index (χ1) is 22.8. The van der Waals surface area contributed by atoms with Crippen LogP contribution in [-0.2, 0) is 0 Å². The molecule has 0 aliphatic rings. The predicted octanol–water partition coefficient (Wildman–Crippen LogP) is 11.1. The van der Waals surface area contributed by atoms with Gasteiger partial charge in [0.2, 0.25) is 0 Å². The Morgan fingerprint density at radius 2 is 0.935 bits per heavy atom. The monoisotopic (exact) mass is 585 g/mol. The summed E-state index contributed by atoms with van der Waals surface area (Å²) in [5, 5.41) is 15.3. The van der Waals surface area contributed by atoms with Crippen LogP contribution in [0.5, 0.6) is 0 Å². The highest BCUT2D eigenvalue weighted by Crippen LogP contribution is 2.42. The number of hydrogen-bond acceptors (Lipinski definition) is 1. The Kier molecular flexibility index (Phi) is 5.88. The molecule has 0 N–H and O–H groups in total. The molecule has 214 valence electrons. The Labute approximate surface area is 266 Å². The van der Waals surface area contributed by atoms with Crippen molar-refractivity contribution in [2.75, 3.05) is 0 Å². The van der Waals surface area contributed by atoms with Crippen LogP contribution in [0.1, 0.15) is 5.56 Å². The maximum Gasteiger partial charge on any atom is 0.101 e. The van der Waals surface area contributed by atoms with Crippen molar-refractivity contribution in [2.45, 2.75) is 0 Å². The molecule has 2 heterocycles. The number of nitrogens with zero attached hydrogens (tertiary/aromatic N) is 3. The fourth-order valence-corrected chi connectivity index (χ4v) is 7.19. The van der Waals surface area contributed by atoms with E-state index in [0.717, 1.165) is 55.3 Å². The lowest BCUT2D eigenvalue weighted by atomic mass is 9.98. The molecule has 9 rings (SSSR count). The fourth-order valence-electron chi connectivity index (χ4n) is 7.19. The van der Waals surface area contributed by atoms with Crippen LogP contribution in [0.4, 0.5) is 0 Å². The van der Waals surface area contributed by atoms with Gasteiger partial charge in [-0.1, -0.05) is 121 Å². The average molecular weight is 586 g/mol. The van der Waals surface area contributed by atoms with Gasteiger partial charge in [0.1, 0.15) is 6.07 Å². The van der Waals surface area contributed by atoms with E-state index in [4.69, 9.17) is 0 Å². The van der Waals surface area contributed by atoms with Crippen molar-refractivity contribution in [1.82, 2.24) is 9.13 Å². The van der Waals surface area contributed by atoms with E-state index in [2.05, 4.69) is 161 Å². The van der Waals surface area contributed by atoms with Crippen LogP contribution < -0.4 is 0 Å². The minimum atomic E-state index is 0.629. The quantitative estimate of drug-likeness (QED) is 0.202. The second kappa shape index (κ2) is 10.4. The van der Waals surface area contributed by atoms with E-state index in [1.807, 2.05) is 18.2 Å². The maximum absolute atomic E-state index is 10.6. The summed E-state index contributed by atoms with van der Waals surface area (Å²) in [4.78, 5) is 0. The van der Waals surface area contributed by atoms with Gasteiger partial charge in [-0.3, -0.25) is 0 Å². The van der Waals surface area contributed by atoms with E-state index < -0.39 is 0 Å². The lowest BCUT2D eigenvalue weighted by Gasteiger charge is -2.19. The van der Waals surface area contributed by atoms with Crippen molar-refractivity contribution in [2.24, 2.45) is 0 Å². The van der Waals surface area contributed by atoms with E-state index in [1.165, 1.54) is 21.9 Å². The van der Waals surface area contributed by atoms with Crippen LogP contribution >= 0.6 is 0 Å². The Hall–Kier alpha value is -6.37. The zero-order valence-electron chi connectivity index (χ0n) is 24.9. The zero-order chi connectivity index (χ0) is 30.6. The smallest absolute Gasteiger partial charge is 0.101 e. The lowest BCUT2D eigenvalue weighted by molar-refractivity contribution is 1.15.